The Hall–Kier alpha value is -3.71. The lowest BCUT2D eigenvalue weighted by molar-refractivity contribution is -0.142. The number of aliphatic hydroxyl groups excluding tert-OH is 1. The molecule has 200 valence electrons. The van der Waals surface area contributed by atoms with Crippen LogP contribution in [0.25, 0.3) is 0 Å². The van der Waals surface area contributed by atoms with Crippen molar-refractivity contribution in [1.29, 1.82) is 0 Å². The maximum absolute atomic E-state index is 12.8. The van der Waals surface area contributed by atoms with E-state index in [1.165, 1.54) is 24.3 Å². The number of hydrogen-bond acceptors (Lipinski definition) is 8. The Labute approximate surface area is 208 Å². The average molecular weight is 510 g/mol. The average Bonchev–Trinajstić information content (AvgIpc) is 2.79. The Morgan fingerprint density at radius 2 is 1.42 bits per heavy atom. The molecule has 0 saturated carbocycles. The van der Waals surface area contributed by atoms with Crippen LogP contribution in [0.15, 0.2) is 24.3 Å². The standard InChI is InChI=1S/C23H35N5O8/c1-12(2)9-15(24)20(32)26-16(7-8-19(25)31)21(33)28-18(11-29)22(34)27-17(23(35)36)10-13-3-5-14(30)6-4-13/h3-6,12,15-18,29-30H,7-11,24H2,1-2H3,(H2,25,31)(H,26,32)(H,27,34)(H,28,33)(H,35,36)/t15-,16-,17-,18-/m0/s1. The molecule has 10 N–H and O–H groups in total. The monoisotopic (exact) mass is 509 g/mol. The molecule has 0 aromatic heterocycles. The van der Waals surface area contributed by atoms with E-state index in [1.54, 1.807) is 0 Å². The van der Waals surface area contributed by atoms with Gasteiger partial charge in [-0.2, -0.15) is 0 Å². The van der Waals surface area contributed by atoms with Crippen LogP contribution in [-0.4, -0.2) is 75.7 Å². The van der Waals surface area contributed by atoms with Gasteiger partial charge in [0.25, 0.3) is 0 Å². The third-order valence-corrected chi connectivity index (χ3v) is 5.18. The van der Waals surface area contributed by atoms with Crippen molar-refractivity contribution in [3.8, 4) is 5.75 Å². The van der Waals surface area contributed by atoms with Gasteiger partial charge in [0, 0.05) is 12.8 Å². The van der Waals surface area contributed by atoms with E-state index in [9.17, 15) is 39.3 Å². The Morgan fingerprint density at radius 1 is 0.889 bits per heavy atom. The molecule has 0 aliphatic rings. The second-order valence-electron chi connectivity index (χ2n) is 8.82. The normalized spacial score (nSPS) is 14.2. The summed E-state index contributed by atoms with van der Waals surface area (Å²) in [5, 5.41) is 35.4. The molecule has 0 saturated heterocycles. The van der Waals surface area contributed by atoms with Crippen molar-refractivity contribution in [2.75, 3.05) is 6.61 Å². The SMILES string of the molecule is CC(C)C[C@H](N)C(=O)N[C@@H](CCC(N)=O)C(=O)N[C@@H](CO)C(=O)N[C@@H](Cc1ccc(O)cc1)C(=O)O. The van der Waals surface area contributed by atoms with Crippen LogP contribution in [0.4, 0.5) is 0 Å². The van der Waals surface area contributed by atoms with Gasteiger partial charge in [-0.15, -0.1) is 0 Å². The fourth-order valence-electron chi connectivity index (χ4n) is 3.26. The van der Waals surface area contributed by atoms with E-state index in [2.05, 4.69) is 16.0 Å². The van der Waals surface area contributed by atoms with Gasteiger partial charge in [0.1, 0.15) is 23.9 Å². The number of nitrogens with two attached hydrogens (primary N) is 2. The van der Waals surface area contributed by atoms with Crippen molar-refractivity contribution in [3.05, 3.63) is 29.8 Å². The predicted molar refractivity (Wildman–Crippen MR) is 128 cm³/mol. The molecule has 1 rings (SSSR count). The molecule has 13 heteroatoms. The quantitative estimate of drug-likeness (QED) is 0.132. The van der Waals surface area contributed by atoms with Crippen LogP contribution >= 0.6 is 0 Å². The Kier molecular flexibility index (Phi) is 12.3. The molecule has 1 aromatic carbocycles. The van der Waals surface area contributed by atoms with Crippen molar-refractivity contribution in [1.82, 2.24) is 16.0 Å². The first-order valence-corrected chi connectivity index (χ1v) is 11.4. The van der Waals surface area contributed by atoms with Crippen LogP contribution in [0.1, 0.15) is 38.7 Å². The summed E-state index contributed by atoms with van der Waals surface area (Å²) in [5.74, 6) is -4.49. The first-order valence-electron chi connectivity index (χ1n) is 11.4. The number of hydrogen-bond donors (Lipinski definition) is 8. The molecular weight excluding hydrogens is 474 g/mol. The molecule has 0 fully saturated rings. The van der Waals surface area contributed by atoms with Gasteiger partial charge in [-0.05, 0) is 36.5 Å². The third-order valence-electron chi connectivity index (χ3n) is 5.18. The number of rotatable bonds is 15. The van der Waals surface area contributed by atoms with E-state index in [0.717, 1.165) is 0 Å². The number of carbonyl (C=O) groups excluding carboxylic acids is 4. The number of amides is 4. The van der Waals surface area contributed by atoms with Crippen molar-refractivity contribution in [2.45, 2.75) is 63.7 Å². The van der Waals surface area contributed by atoms with Crippen molar-refractivity contribution >= 4 is 29.6 Å². The molecule has 0 aliphatic heterocycles. The van der Waals surface area contributed by atoms with Crippen LogP contribution in [-0.2, 0) is 30.4 Å². The molecule has 4 atom stereocenters. The van der Waals surface area contributed by atoms with Gasteiger partial charge >= 0.3 is 5.97 Å². The maximum atomic E-state index is 12.8. The molecule has 0 unspecified atom stereocenters. The second kappa shape index (κ2) is 14.6. The Balaban J connectivity index is 2.90. The number of nitrogens with one attached hydrogen (secondary N) is 3. The maximum Gasteiger partial charge on any atom is 0.326 e. The van der Waals surface area contributed by atoms with E-state index < -0.39 is 60.4 Å². The summed E-state index contributed by atoms with van der Waals surface area (Å²) in [5.41, 5.74) is 11.5. The van der Waals surface area contributed by atoms with E-state index in [0.29, 0.717) is 12.0 Å². The zero-order chi connectivity index (χ0) is 27.4. The summed E-state index contributed by atoms with van der Waals surface area (Å²) in [7, 11) is 0. The van der Waals surface area contributed by atoms with Crippen LogP contribution in [0, 0.1) is 5.92 Å². The highest BCUT2D eigenvalue weighted by Gasteiger charge is 2.30. The number of phenolic OH excluding ortho intramolecular Hbond substituents is 1. The number of carboxylic acid groups (broad SMARTS) is 1. The van der Waals surface area contributed by atoms with Crippen LogP contribution < -0.4 is 27.4 Å². The topological polar surface area (TPSA) is 234 Å². The number of benzene rings is 1. The number of phenols is 1. The van der Waals surface area contributed by atoms with Crippen LogP contribution in [0.2, 0.25) is 0 Å². The summed E-state index contributed by atoms with van der Waals surface area (Å²) < 4.78 is 0. The van der Waals surface area contributed by atoms with Gasteiger partial charge in [0.15, 0.2) is 0 Å². The summed E-state index contributed by atoms with van der Waals surface area (Å²) in [6, 6.07) is 0.557. The lowest BCUT2D eigenvalue weighted by Gasteiger charge is -2.24. The van der Waals surface area contributed by atoms with Gasteiger partial charge in [-0.3, -0.25) is 19.2 Å². The Bertz CT molecular complexity index is 922. The van der Waals surface area contributed by atoms with Gasteiger partial charge in [-0.1, -0.05) is 26.0 Å². The van der Waals surface area contributed by atoms with Crippen molar-refractivity contribution < 1.29 is 39.3 Å². The minimum absolute atomic E-state index is 0.0131. The lowest BCUT2D eigenvalue weighted by atomic mass is 10.0. The molecule has 0 aliphatic carbocycles. The fourth-order valence-corrected chi connectivity index (χ4v) is 3.26. The van der Waals surface area contributed by atoms with Gasteiger partial charge in [0.2, 0.25) is 23.6 Å². The zero-order valence-electron chi connectivity index (χ0n) is 20.3. The van der Waals surface area contributed by atoms with Crippen LogP contribution in [0.3, 0.4) is 0 Å². The fraction of sp³-hybridized carbons (Fsp3) is 0.522. The smallest absolute Gasteiger partial charge is 0.326 e. The van der Waals surface area contributed by atoms with E-state index in [4.69, 9.17) is 11.5 Å². The van der Waals surface area contributed by atoms with Crippen molar-refractivity contribution in [2.24, 2.45) is 17.4 Å². The number of aliphatic carboxylic acids is 1. The molecule has 13 nitrogen and oxygen atoms in total. The molecular formula is C23H35N5O8. The van der Waals surface area contributed by atoms with E-state index in [1.807, 2.05) is 13.8 Å². The summed E-state index contributed by atoms with van der Waals surface area (Å²) in [4.78, 5) is 60.7. The number of carbonyl (C=O) groups is 5. The number of aliphatic hydroxyl groups is 1. The number of aromatic hydroxyl groups is 1. The minimum Gasteiger partial charge on any atom is -0.508 e. The van der Waals surface area contributed by atoms with Crippen LogP contribution in [0.5, 0.6) is 5.75 Å². The Morgan fingerprint density at radius 3 is 1.92 bits per heavy atom. The van der Waals surface area contributed by atoms with Gasteiger partial charge in [-0.25, -0.2) is 4.79 Å². The first kappa shape index (κ1) is 30.3. The van der Waals surface area contributed by atoms with Gasteiger partial charge < -0.3 is 42.7 Å². The number of primary amides is 1. The highest BCUT2D eigenvalue weighted by atomic mass is 16.4. The predicted octanol–water partition coefficient (Wildman–Crippen LogP) is -1.90. The largest absolute Gasteiger partial charge is 0.508 e. The zero-order valence-corrected chi connectivity index (χ0v) is 20.3. The van der Waals surface area contributed by atoms with E-state index in [-0.39, 0.29) is 30.9 Å². The molecule has 4 amide bonds. The summed E-state index contributed by atoms with van der Waals surface area (Å²) >= 11 is 0. The molecule has 36 heavy (non-hydrogen) atoms. The molecule has 0 spiro atoms. The molecule has 0 radical (unpaired) electrons. The minimum atomic E-state index is -1.54. The van der Waals surface area contributed by atoms with E-state index >= 15 is 0 Å². The molecule has 0 heterocycles. The van der Waals surface area contributed by atoms with Crippen molar-refractivity contribution in [3.63, 3.8) is 0 Å². The molecule has 1 aromatic rings. The highest BCUT2D eigenvalue weighted by molar-refractivity contribution is 5.94. The molecule has 0 bridgehead atoms. The second-order valence-corrected chi connectivity index (χ2v) is 8.82. The number of carboxylic acids is 1. The lowest BCUT2D eigenvalue weighted by Crippen LogP contribution is -2.58. The summed E-state index contributed by atoms with van der Waals surface area (Å²) in [6.07, 6.45) is -0.213. The third kappa shape index (κ3) is 10.7. The first-order chi connectivity index (χ1) is 16.8. The van der Waals surface area contributed by atoms with Gasteiger partial charge in [0.05, 0.1) is 12.6 Å². The highest BCUT2D eigenvalue weighted by Crippen LogP contribution is 2.12. The summed E-state index contributed by atoms with van der Waals surface area (Å²) in [6.45, 7) is 2.86.